The minimum Gasteiger partial charge on any atom is -0.456 e. The lowest BCUT2D eigenvalue weighted by Gasteiger charge is -2.44. The molecule has 4 heterocycles. The number of benzene rings is 3. The maximum Gasteiger partial charge on any atom is 0.426 e. The molecule has 0 atom stereocenters. The van der Waals surface area contributed by atoms with Gasteiger partial charge in [-0.1, -0.05) is 30.3 Å². The lowest BCUT2D eigenvalue weighted by molar-refractivity contribution is 0.0181. The quantitative estimate of drug-likeness (QED) is 0.361. The molecule has 2 saturated heterocycles. The van der Waals surface area contributed by atoms with Crippen LogP contribution in [0.5, 0.6) is 11.5 Å². The SMILES string of the molecule is CC(C)(C)OC(=O)NN1C(=O)c2ccccc2C12c1ccc(N3CCCCC3)cc1Oc1cc(N3CCCCC3)ccc12. The first-order chi connectivity index (χ1) is 20.8. The average Bonchev–Trinajstić information content (AvgIpc) is 3.24. The Balaban J connectivity index is 1.43. The Morgan fingerprint density at radius 2 is 1.30 bits per heavy atom. The highest BCUT2D eigenvalue weighted by Crippen LogP contribution is 2.57. The first-order valence-corrected chi connectivity index (χ1v) is 15.7. The molecule has 7 rings (SSSR count). The van der Waals surface area contributed by atoms with Crippen LogP contribution >= 0.6 is 0 Å². The molecule has 0 saturated carbocycles. The smallest absolute Gasteiger partial charge is 0.426 e. The molecular formula is C35H40N4O4. The molecule has 43 heavy (non-hydrogen) atoms. The van der Waals surface area contributed by atoms with E-state index in [1.54, 1.807) is 0 Å². The third-order valence-corrected chi connectivity index (χ3v) is 9.06. The Hall–Kier alpha value is -4.20. The van der Waals surface area contributed by atoms with Gasteiger partial charge in [-0.05, 0) is 77.5 Å². The van der Waals surface area contributed by atoms with Crippen molar-refractivity contribution < 1.29 is 19.1 Å². The summed E-state index contributed by atoms with van der Waals surface area (Å²) in [6, 6.07) is 20.2. The highest BCUT2D eigenvalue weighted by atomic mass is 16.6. The summed E-state index contributed by atoms with van der Waals surface area (Å²) in [5.41, 5.74) is 6.17. The number of hydrogen-bond acceptors (Lipinski definition) is 6. The van der Waals surface area contributed by atoms with Gasteiger partial charge in [-0.15, -0.1) is 0 Å². The topological polar surface area (TPSA) is 74.3 Å². The van der Waals surface area contributed by atoms with Crippen LogP contribution in [-0.2, 0) is 10.3 Å². The zero-order valence-electron chi connectivity index (χ0n) is 25.3. The highest BCUT2D eigenvalue weighted by Gasteiger charge is 2.57. The molecular weight excluding hydrogens is 540 g/mol. The first-order valence-electron chi connectivity index (χ1n) is 15.7. The molecule has 0 aromatic heterocycles. The van der Waals surface area contributed by atoms with Crippen molar-refractivity contribution in [3.05, 3.63) is 82.9 Å². The van der Waals surface area contributed by atoms with Crippen LogP contribution in [0.3, 0.4) is 0 Å². The van der Waals surface area contributed by atoms with Crippen LogP contribution in [0, 0.1) is 0 Å². The second-order valence-electron chi connectivity index (χ2n) is 13.1. The van der Waals surface area contributed by atoms with E-state index in [1.807, 2.05) is 45.0 Å². The molecule has 1 spiro atoms. The number of piperidine rings is 2. The molecule has 2 amide bonds. The molecule has 224 valence electrons. The van der Waals surface area contributed by atoms with Crippen LogP contribution in [-0.4, -0.2) is 48.8 Å². The fourth-order valence-electron chi connectivity index (χ4n) is 7.19. The van der Waals surface area contributed by atoms with Gasteiger partial charge in [0, 0.05) is 71.9 Å². The number of amides is 2. The fourth-order valence-corrected chi connectivity index (χ4v) is 7.19. The number of carbonyl (C=O) groups excluding carboxylic acids is 2. The molecule has 0 radical (unpaired) electrons. The van der Waals surface area contributed by atoms with Crippen LogP contribution in [0.4, 0.5) is 16.2 Å². The summed E-state index contributed by atoms with van der Waals surface area (Å²) in [5, 5.41) is 1.47. The maximum absolute atomic E-state index is 14.2. The maximum atomic E-state index is 14.2. The van der Waals surface area contributed by atoms with Crippen molar-refractivity contribution >= 4 is 23.4 Å². The van der Waals surface area contributed by atoms with E-state index in [0.29, 0.717) is 17.1 Å². The summed E-state index contributed by atoms with van der Waals surface area (Å²) in [7, 11) is 0. The third kappa shape index (κ3) is 4.67. The molecule has 3 aromatic carbocycles. The van der Waals surface area contributed by atoms with E-state index in [2.05, 4.69) is 51.6 Å². The van der Waals surface area contributed by atoms with Gasteiger partial charge < -0.3 is 19.3 Å². The number of fused-ring (bicyclic) bond motifs is 6. The fraction of sp³-hybridized carbons (Fsp3) is 0.429. The third-order valence-electron chi connectivity index (χ3n) is 9.06. The van der Waals surface area contributed by atoms with Crippen molar-refractivity contribution in [1.82, 2.24) is 10.4 Å². The van der Waals surface area contributed by atoms with Crippen LogP contribution in [0.25, 0.3) is 0 Å². The standard InChI is InChI=1S/C35H40N4O4/c1-34(2,3)43-33(41)36-39-32(40)26-12-6-7-13-27(26)35(39)28-16-14-24(37-18-8-4-9-19-37)22-30(28)42-31-23-25(15-17-29(31)35)38-20-10-5-11-21-38/h6-7,12-17,22-23H,4-5,8-11,18-21H2,1-3H3,(H,36,41). The number of hydrogen-bond donors (Lipinski definition) is 1. The second-order valence-corrected chi connectivity index (χ2v) is 13.1. The predicted molar refractivity (Wildman–Crippen MR) is 167 cm³/mol. The molecule has 0 aliphatic carbocycles. The van der Waals surface area contributed by atoms with Gasteiger partial charge in [0.15, 0.2) is 0 Å². The van der Waals surface area contributed by atoms with Crippen molar-refractivity contribution in [3.63, 3.8) is 0 Å². The number of carbonyl (C=O) groups is 2. The summed E-state index contributed by atoms with van der Waals surface area (Å²) >= 11 is 0. The molecule has 3 aromatic rings. The van der Waals surface area contributed by atoms with Gasteiger partial charge in [-0.25, -0.2) is 15.2 Å². The Kier molecular flexibility index (Phi) is 6.75. The molecule has 8 nitrogen and oxygen atoms in total. The monoisotopic (exact) mass is 580 g/mol. The van der Waals surface area contributed by atoms with Crippen molar-refractivity contribution in [1.29, 1.82) is 0 Å². The summed E-state index contributed by atoms with van der Waals surface area (Å²) < 4.78 is 12.4. The van der Waals surface area contributed by atoms with Crippen LogP contribution in [0.2, 0.25) is 0 Å². The zero-order valence-corrected chi connectivity index (χ0v) is 25.3. The Labute approximate surface area is 253 Å². The van der Waals surface area contributed by atoms with Crippen molar-refractivity contribution in [3.8, 4) is 11.5 Å². The van der Waals surface area contributed by atoms with Gasteiger partial charge in [0.1, 0.15) is 22.6 Å². The van der Waals surface area contributed by atoms with Gasteiger partial charge >= 0.3 is 6.09 Å². The van der Waals surface area contributed by atoms with Crippen LogP contribution < -0.4 is 20.0 Å². The summed E-state index contributed by atoms with van der Waals surface area (Å²) in [6.07, 6.45) is 6.48. The first kappa shape index (κ1) is 27.6. The number of nitrogens with zero attached hydrogens (tertiary/aromatic N) is 3. The van der Waals surface area contributed by atoms with Crippen LogP contribution in [0.15, 0.2) is 60.7 Å². The van der Waals surface area contributed by atoms with Crippen molar-refractivity contribution in [2.24, 2.45) is 0 Å². The summed E-state index contributed by atoms with van der Waals surface area (Å²) in [5.74, 6) is 1.08. The number of ether oxygens (including phenoxy) is 2. The molecule has 2 fully saturated rings. The predicted octanol–water partition coefficient (Wildman–Crippen LogP) is 6.96. The zero-order chi connectivity index (χ0) is 29.8. The minimum atomic E-state index is -1.14. The molecule has 1 N–H and O–H groups in total. The van der Waals surface area contributed by atoms with E-state index in [0.717, 1.165) is 54.2 Å². The second kappa shape index (κ2) is 10.5. The highest BCUT2D eigenvalue weighted by molar-refractivity contribution is 6.03. The van der Waals surface area contributed by atoms with E-state index in [-0.39, 0.29) is 5.91 Å². The normalized spacial score (nSPS) is 19.0. The van der Waals surface area contributed by atoms with Crippen molar-refractivity contribution in [2.45, 2.75) is 70.4 Å². The molecule has 4 aliphatic rings. The van der Waals surface area contributed by atoms with Gasteiger partial charge in [0.25, 0.3) is 5.91 Å². The van der Waals surface area contributed by atoms with Gasteiger partial charge in [-0.2, -0.15) is 0 Å². The van der Waals surface area contributed by atoms with Crippen LogP contribution in [0.1, 0.15) is 86.3 Å². The Bertz CT molecular complexity index is 1500. The Morgan fingerprint density at radius 3 is 1.84 bits per heavy atom. The van der Waals surface area contributed by atoms with Gasteiger partial charge in [0.2, 0.25) is 0 Å². The van der Waals surface area contributed by atoms with E-state index in [4.69, 9.17) is 9.47 Å². The van der Waals surface area contributed by atoms with Gasteiger partial charge in [0.05, 0.1) is 0 Å². The summed E-state index contributed by atoms with van der Waals surface area (Å²) in [4.78, 5) is 32.3. The molecule has 8 heteroatoms. The number of hydrazine groups is 1. The lowest BCUT2D eigenvalue weighted by Crippen LogP contribution is -2.56. The Morgan fingerprint density at radius 1 is 0.767 bits per heavy atom. The molecule has 0 unspecified atom stereocenters. The number of rotatable bonds is 3. The summed E-state index contributed by atoms with van der Waals surface area (Å²) in [6.45, 7) is 9.46. The van der Waals surface area contributed by atoms with Crippen molar-refractivity contribution in [2.75, 3.05) is 36.0 Å². The molecule has 0 bridgehead atoms. The largest absolute Gasteiger partial charge is 0.456 e. The minimum absolute atomic E-state index is 0.291. The van der Waals surface area contributed by atoms with E-state index >= 15 is 0 Å². The molecule has 4 aliphatic heterocycles. The van der Waals surface area contributed by atoms with E-state index < -0.39 is 17.2 Å². The number of nitrogens with one attached hydrogen (secondary N) is 1. The lowest BCUT2D eigenvalue weighted by atomic mass is 9.75. The average molecular weight is 581 g/mol. The van der Waals surface area contributed by atoms with Gasteiger partial charge in [-0.3, -0.25) is 4.79 Å². The van der Waals surface area contributed by atoms with E-state index in [1.165, 1.54) is 43.5 Å². The van der Waals surface area contributed by atoms with E-state index in [9.17, 15) is 9.59 Å². The number of anilines is 2.